The number of benzene rings is 4. The molecule has 0 spiro atoms. The molecule has 1 atom stereocenters. The number of nitrogens with zero attached hydrogens (tertiary/aromatic N) is 1. The number of aliphatic hydroxyl groups excluding tert-OH is 1. The molecule has 0 bridgehead atoms. The number of ether oxygens (including phenoxy) is 2. The number of aliphatic hydroxyl groups is 1. The molecule has 1 amide bonds. The van der Waals surface area contributed by atoms with E-state index < -0.39 is 5.54 Å². The third-order valence-electron chi connectivity index (χ3n) is 7.43. The van der Waals surface area contributed by atoms with Gasteiger partial charge in [-0.3, -0.25) is 10.2 Å². The smallest absolute Gasteiger partial charge is 0.266 e. The van der Waals surface area contributed by atoms with Crippen LogP contribution in [-0.2, 0) is 16.0 Å². The SMILES string of the molecule is O=C(NNC1c2ccccc2-c2ccccc21)[C@]1(Cc2ccc(Br)cc2)COC(c2ccc(OCCCO)cc2)=N1. The highest BCUT2D eigenvalue weighted by atomic mass is 79.9. The van der Waals surface area contributed by atoms with E-state index in [1.807, 2.05) is 72.8 Å². The maximum atomic E-state index is 14.0. The van der Waals surface area contributed by atoms with Crippen LogP contribution in [-0.4, -0.2) is 42.3 Å². The van der Waals surface area contributed by atoms with Gasteiger partial charge in [-0.05, 0) is 64.2 Å². The Hall–Kier alpha value is -3.98. The van der Waals surface area contributed by atoms with Crippen LogP contribution in [0, 0.1) is 0 Å². The summed E-state index contributed by atoms with van der Waals surface area (Å²) in [5.74, 6) is 0.845. The summed E-state index contributed by atoms with van der Waals surface area (Å²) >= 11 is 3.49. The number of halogens is 1. The lowest BCUT2D eigenvalue weighted by molar-refractivity contribution is -0.127. The zero-order valence-electron chi connectivity index (χ0n) is 22.3. The van der Waals surface area contributed by atoms with Crippen molar-refractivity contribution in [3.63, 3.8) is 0 Å². The second-order valence-corrected chi connectivity index (χ2v) is 11.1. The topological polar surface area (TPSA) is 92.2 Å². The van der Waals surface area contributed by atoms with Crippen molar-refractivity contribution in [3.8, 4) is 16.9 Å². The van der Waals surface area contributed by atoms with E-state index in [1.165, 1.54) is 0 Å². The van der Waals surface area contributed by atoms with Crippen molar-refractivity contribution in [3.05, 3.63) is 124 Å². The molecule has 3 N–H and O–H groups in total. The summed E-state index contributed by atoms with van der Waals surface area (Å²) in [6.07, 6.45) is 0.939. The molecule has 6 rings (SSSR count). The van der Waals surface area contributed by atoms with Gasteiger partial charge in [0, 0.05) is 29.5 Å². The largest absolute Gasteiger partial charge is 0.494 e. The van der Waals surface area contributed by atoms with Crippen molar-refractivity contribution in [1.29, 1.82) is 0 Å². The lowest BCUT2D eigenvalue weighted by Crippen LogP contribution is -2.53. The molecule has 0 radical (unpaired) electrons. The van der Waals surface area contributed by atoms with Crippen molar-refractivity contribution in [2.24, 2.45) is 4.99 Å². The minimum atomic E-state index is -1.16. The minimum absolute atomic E-state index is 0.0832. The lowest BCUT2D eigenvalue weighted by Gasteiger charge is -2.25. The quantitative estimate of drug-likeness (QED) is 0.166. The van der Waals surface area contributed by atoms with Crippen LogP contribution in [0.3, 0.4) is 0 Å². The van der Waals surface area contributed by atoms with E-state index in [0.717, 1.165) is 37.9 Å². The van der Waals surface area contributed by atoms with Crippen LogP contribution in [0.15, 0.2) is 107 Å². The van der Waals surface area contributed by atoms with Gasteiger partial charge in [0.2, 0.25) is 5.90 Å². The second kappa shape index (κ2) is 11.9. The van der Waals surface area contributed by atoms with Gasteiger partial charge in [0.25, 0.3) is 5.91 Å². The Balaban J connectivity index is 1.26. The van der Waals surface area contributed by atoms with Crippen LogP contribution in [0.1, 0.15) is 34.7 Å². The summed E-state index contributed by atoms with van der Waals surface area (Å²) in [5.41, 5.74) is 11.4. The van der Waals surface area contributed by atoms with Crippen molar-refractivity contribution in [2.45, 2.75) is 24.4 Å². The predicted molar refractivity (Wildman–Crippen MR) is 162 cm³/mol. The highest BCUT2D eigenvalue weighted by Crippen LogP contribution is 2.42. The van der Waals surface area contributed by atoms with Gasteiger partial charge in [0.15, 0.2) is 5.54 Å². The van der Waals surface area contributed by atoms with Gasteiger partial charge in [-0.1, -0.05) is 76.6 Å². The fourth-order valence-corrected chi connectivity index (χ4v) is 5.60. The number of hydrogen-bond acceptors (Lipinski definition) is 6. The molecule has 41 heavy (non-hydrogen) atoms. The van der Waals surface area contributed by atoms with E-state index >= 15 is 0 Å². The Labute approximate surface area is 247 Å². The molecule has 4 aromatic rings. The van der Waals surface area contributed by atoms with E-state index in [0.29, 0.717) is 31.1 Å². The van der Waals surface area contributed by atoms with Gasteiger partial charge >= 0.3 is 0 Å². The number of rotatable bonds is 10. The molecule has 7 nitrogen and oxygen atoms in total. The molecule has 1 aliphatic carbocycles. The number of carbonyl (C=O) groups is 1. The van der Waals surface area contributed by atoms with Crippen LogP contribution in [0.4, 0.5) is 0 Å². The number of hydrazine groups is 1. The zero-order chi connectivity index (χ0) is 28.2. The molecule has 1 heterocycles. The van der Waals surface area contributed by atoms with E-state index in [-0.39, 0.29) is 25.2 Å². The van der Waals surface area contributed by atoms with Crippen molar-refractivity contribution in [1.82, 2.24) is 10.9 Å². The Morgan fingerprint density at radius 3 is 2.27 bits per heavy atom. The van der Waals surface area contributed by atoms with Crippen LogP contribution >= 0.6 is 15.9 Å². The summed E-state index contributed by atoms with van der Waals surface area (Å²) in [6.45, 7) is 0.630. The molecule has 1 aliphatic heterocycles. The number of aliphatic imine (C=N–C) groups is 1. The first kappa shape index (κ1) is 27.2. The van der Waals surface area contributed by atoms with Crippen molar-refractivity contribution < 1.29 is 19.4 Å². The molecule has 208 valence electrons. The first-order chi connectivity index (χ1) is 20.1. The summed E-state index contributed by atoms with van der Waals surface area (Å²) in [4.78, 5) is 18.9. The molecule has 8 heteroatoms. The molecular weight excluding hydrogens is 582 g/mol. The number of hydrogen-bond donors (Lipinski definition) is 3. The Kier molecular flexibility index (Phi) is 7.87. The highest BCUT2D eigenvalue weighted by molar-refractivity contribution is 9.10. The van der Waals surface area contributed by atoms with Gasteiger partial charge in [-0.25, -0.2) is 10.4 Å². The van der Waals surface area contributed by atoms with E-state index in [4.69, 9.17) is 19.6 Å². The number of nitrogens with one attached hydrogen (secondary N) is 2. The van der Waals surface area contributed by atoms with Gasteiger partial charge in [-0.15, -0.1) is 0 Å². The van der Waals surface area contributed by atoms with Crippen LogP contribution in [0.2, 0.25) is 0 Å². The Morgan fingerprint density at radius 1 is 0.951 bits per heavy atom. The standard InChI is InChI=1S/C33H30BrN3O4/c34-24-14-10-22(11-15-24)20-33(21-41-31(35-33)23-12-16-25(17-13-23)40-19-5-18-38)32(39)37-36-30-28-8-3-1-6-26(28)27-7-2-4-9-29(27)30/h1-4,6-17,30,36,38H,5,18-21H2,(H,37,39)/t33-/m0/s1. The average Bonchev–Trinajstić information content (AvgIpc) is 3.58. The molecule has 0 fully saturated rings. The molecule has 0 saturated carbocycles. The monoisotopic (exact) mass is 611 g/mol. The average molecular weight is 613 g/mol. The minimum Gasteiger partial charge on any atom is -0.494 e. The van der Waals surface area contributed by atoms with Gasteiger partial charge < -0.3 is 14.6 Å². The lowest BCUT2D eigenvalue weighted by atomic mass is 9.91. The molecule has 4 aromatic carbocycles. The molecule has 2 aliphatic rings. The van der Waals surface area contributed by atoms with Crippen molar-refractivity contribution in [2.75, 3.05) is 19.8 Å². The number of amides is 1. The first-order valence-electron chi connectivity index (χ1n) is 13.6. The third kappa shape index (κ3) is 5.63. The Bertz CT molecular complexity index is 1530. The fraction of sp³-hybridized carbons (Fsp3) is 0.212. The van der Waals surface area contributed by atoms with Gasteiger partial charge in [-0.2, -0.15) is 0 Å². The summed E-state index contributed by atoms with van der Waals surface area (Å²) in [5, 5.41) is 8.98. The van der Waals surface area contributed by atoms with E-state index in [2.05, 4.69) is 51.0 Å². The third-order valence-corrected chi connectivity index (χ3v) is 7.96. The molecular formula is C33H30BrN3O4. The normalized spacial score (nSPS) is 17.4. The summed E-state index contributed by atoms with van der Waals surface area (Å²) < 4.78 is 12.7. The highest BCUT2D eigenvalue weighted by Gasteiger charge is 2.45. The number of carbonyl (C=O) groups excluding carboxylic acids is 1. The molecule has 0 aromatic heterocycles. The number of fused-ring (bicyclic) bond motifs is 3. The maximum absolute atomic E-state index is 14.0. The van der Waals surface area contributed by atoms with Gasteiger partial charge in [0.05, 0.1) is 12.6 Å². The summed E-state index contributed by atoms with van der Waals surface area (Å²) in [6, 6.07) is 31.6. The Morgan fingerprint density at radius 2 is 1.61 bits per heavy atom. The van der Waals surface area contributed by atoms with Crippen LogP contribution in [0.25, 0.3) is 11.1 Å². The van der Waals surface area contributed by atoms with Crippen molar-refractivity contribution >= 4 is 27.7 Å². The summed E-state index contributed by atoms with van der Waals surface area (Å²) in [7, 11) is 0. The fourth-order valence-electron chi connectivity index (χ4n) is 5.34. The molecule has 0 saturated heterocycles. The first-order valence-corrected chi connectivity index (χ1v) is 14.4. The van der Waals surface area contributed by atoms with Crippen LogP contribution < -0.4 is 15.6 Å². The van der Waals surface area contributed by atoms with E-state index in [1.54, 1.807) is 0 Å². The zero-order valence-corrected chi connectivity index (χ0v) is 23.9. The second-order valence-electron chi connectivity index (χ2n) is 10.2. The van der Waals surface area contributed by atoms with Crippen LogP contribution in [0.5, 0.6) is 5.75 Å². The van der Waals surface area contributed by atoms with Gasteiger partial charge in [0.1, 0.15) is 12.4 Å². The van der Waals surface area contributed by atoms with E-state index in [9.17, 15) is 4.79 Å². The maximum Gasteiger partial charge on any atom is 0.266 e. The predicted octanol–water partition coefficient (Wildman–Crippen LogP) is 5.36. The molecule has 0 unspecified atom stereocenters.